The molecule has 2 fully saturated rings. The van der Waals surface area contributed by atoms with Gasteiger partial charge >= 0.3 is 0 Å². The Labute approximate surface area is 118 Å². The van der Waals surface area contributed by atoms with Gasteiger partial charge in [-0.05, 0) is 31.2 Å². The number of hydrogen-bond donors (Lipinski definition) is 1. The molecule has 2 heterocycles. The van der Waals surface area contributed by atoms with Gasteiger partial charge in [-0.2, -0.15) is 5.10 Å². The lowest BCUT2D eigenvalue weighted by molar-refractivity contribution is 0.0686. The molecule has 1 aliphatic heterocycles. The molecule has 0 radical (unpaired) electrons. The van der Waals surface area contributed by atoms with Gasteiger partial charge in [-0.3, -0.25) is 9.89 Å². The van der Waals surface area contributed by atoms with E-state index in [1.165, 1.54) is 32.1 Å². The number of H-pyrrole nitrogens is 1. The number of carbonyl (C=O) groups is 1. The minimum absolute atomic E-state index is 0.108. The SMILES string of the molecule is O=C(c1n[nH]c2ccccc12)N1CCC2CCCCC21. The molecule has 1 N–H and O–H groups in total. The quantitative estimate of drug-likeness (QED) is 0.865. The molecule has 2 aliphatic rings. The number of aromatic amines is 1. The van der Waals surface area contributed by atoms with E-state index in [-0.39, 0.29) is 5.91 Å². The number of nitrogens with zero attached hydrogens (tertiary/aromatic N) is 2. The minimum atomic E-state index is 0.108. The maximum Gasteiger partial charge on any atom is 0.275 e. The Morgan fingerprint density at radius 1 is 1.20 bits per heavy atom. The van der Waals surface area contributed by atoms with Gasteiger partial charge in [0.05, 0.1) is 5.52 Å². The predicted molar refractivity (Wildman–Crippen MR) is 77.5 cm³/mol. The van der Waals surface area contributed by atoms with Crippen molar-refractivity contribution in [3.05, 3.63) is 30.0 Å². The van der Waals surface area contributed by atoms with Crippen LogP contribution in [0.5, 0.6) is 0 Å². The van der Waals surface area contributed by atoms with Crippen molar-refractivity contribution in [2.45, 2.75) is 38.1 Å². The summed E-state index contributed by atoms with van der Waals surface area (Å²) < 4.78 is 0. The van der Waals surface area contributed by atoms with E-state index in [1.807, 2.05) is 24.3 Å². The molecule has 0 bridgehead atoms. The van der Waals surface area contributed by atoms with Crippen LogP contribution < -0.4 is 0 Å². The average Bonchev–Trinajstić information content (AvgIpc) is 3.11. The molecule has 1 saturated carbocycles. The van der Waals surface area contributed by atoms with Crippen molar-refractivity contribution in [3.8, 4) is 0 Å². The standard InChI is InChI=1S/C16H19N3O/c20-16(15-12-6-2-3-7-13(12)17-18-15)19-10-9-11-5-1-4-8-14(11)19/h2-3,6-7,11,14H,1,4-5,8-10H2,(H,17,18). The van der Waals surface area contributed by atoms with Crippen LogP contribution in [0.25, 0.3) is 10.9 Å². The molecule has 1 amide bonds. The van der Waals surface area contributed by atoms with Crippen LogP contribution in [0.15, 0.2) is 24.3 Å². The smallest absolute Gasteiger partial charge is 0.275 e. The second-order valence-electron chi connectivity index (χ2n) is 6.02. The molecule has 1 aliphatic carbocycles. The molecular formula is C16H19N3O. The van der Waals surface area contributed by atoms with Gasteiger partial charge in [0.2, 0.25) is 0 Å². The number of aromatic nitrogens is 2. The van der Waals surface area contributed by atoms with E-state index >= 15 is 0 Å². The number of benzene rings is 1. The van der Waals surface area contributed by atoms with Gasteiger partial charge in [0.1, 0.15) is 0 Å². The van der Waals surface area contributed by atoms with Crippen LogP contribution in [0.2, 0.25) is 0 Å². The number of nitrogens with one attached hydrogen (secondary N) is 1. The molecule has 1 saturated heterocycles. The summed E-state index contributed by atoms with van der Waals surface area (Å²) in [6.07, 6.45) is 6.20. The average molecular weight is 269 g/mol. The highest BCUT2D eigenvalue weighted by molar-refractivity contribution is 6.04. The van der Waals surface area contributed by atoms with Crippen molar-refractivity contribution in [1.82, 2.24) is 15.1 Å². The van der Waals surface area contributed by atoms with E-state index in [2.05, 4.69) is 15.1 Å². The lowest BCUT2D eigenvalue weighted by Gasteiger charge is -2.31. The molecule has 1 aromatic heterocycles. The summed E-state index contributed by atoms with van der Waals surface area (Å²) >= 11 is 0. The number of carbonyl (C=O) groups excluding carboxylic acids is 1. The molecule has 104 valence electrons. The third-order valence-corrected chi connectivity index (χ3v) is 4.94. The fourth-order valence-electron chi connectivity index (χ4n) is 3.92. The summed E-state index contributed by atoms with van der Waals surface area (Å²) in [6.45, 7) is 0.898. The lowest BCUT2D eigenvalue weighted by Crippen LogP contribution is -2.39. The Bertz CT molecular complexity index is 648. The first-order chi connectivity index (χ1) is 9.84. The van der Waals surface area contributed by atoms with Crippen LogP contribution in [-0.4, -0.2) is 33.6 Å². The number of likely N-dealkylation sites (tertiary alicyclic amines) is 1. The highest BCUT2D eigenvalue weighted by Gasteiger charge is 2.39. The van der Waals surface area contributed by atoms with Crippen LogP contribution in [-0.2, 0) is 0 Å². The maximum atomic E-state index is 12.8. The van der Waals surface area contributed by atoms with Gasteiger partial charge in [0.15, 0.2) is 5.69 Å². The Hall–Kier alpha value is -1.84. The van der Waals surface area contributed by atoms with E-state index < -0.39 is 0 Å². The summed E-state index contributed by atoms with van der Waals surface area (Å²) in [5.41, 5.74) is 1.53. The molecule has 4 rings (SSSR count). The van der Waals surface area contributed by atoms with E-state index in [0.29, 0.717) is 11.7 Å². The van der Waals surface area contributed by atoms with Crippen LogP contribution in [0, 0.1) is 5.92 Å². The number of hydrogen-bond acceptors (Lipinski definition) is 2. The maximum absolute atomic E-state index is 12.8. The lowest BCUT2D eigenvalue weighted by atomic mass is 9.85. The van der Waals surface area contributed by atoms with Crippen LogP contribution in [0.4, 0.5) is 0 Å². The molecular weight excluding hydrogens is 250 g/mol. The highest BCUT2D eigenvalue weighted by Crippen LogP contribution is 2.37. The zero-order valence-electron chi connectivity index (χ0n) is 11.5. The van der Waals surface area contributed by atoms with Gasteiger partial charge < -0.3 is 4.90 Å². The van der Waals surface area contributed by atoms with Crippen LogP contribution in [0.1, 0.15) is 42.6 Å². The van der Waals surface area contributed by atoms with Gasteiger partial charge in [-0.15, -0.1) is 0 Å². The van der Waals surface area contributed by atoms with E-state index in [4.69, 9.17) is 0 Å². The Balaban J connectivity index is 1.67. The third-order valence-electron chi connectivity index (χ3n) is 4.94. The summed E-state index contributed by atoms with van der Waals surface area (Å²) in [5, 5.41) is 8.17. The Morgan fingerprint density at radius 3 is 3.00 bits per heavy atom. The number of amides is 1. The van der Waals surface area contributed by atoms with Crippen molar-refractivity contribution >= 4 is 16.8 Å². The zero-order valence-corrected chi connectivity index (χ0v) is 11.5. The van der Waals surface area contributed by atoms with E-state index in [1.54, 1.807) is 0 Å². The number of rotatable bonds is 1. The molecule has 2 unspecified atom stereocenters. The molecule has 20 heavy (non-hydrogen) atoms. The van der Waals surface area contributed by atoms with Gasteiger partial charge in [-0.1, -0.05) is 31.0 Å². The predicted octanol–water partition coefficient (Wildman–Crippen LogP) is 2.97. The normalized spacial score (nSPS) is 25.9. The fourth-order valence-corrected chi connectivity index (χ4v) is 3.92. The topological polar surface area (TPSA) is 49.0 Å². The monoisotopic (exact) mass is 269 g/mol. The first kappa shape index (κ1) is 11.9. The zero-order chi connectivity index (χ0) is 13.5. The highest BCUT2D eigenvalue weighted by atomic mass is 16.2. The van der Waals surface area contributed by atoms with Gasteiger partial charge in [0, 0.05) is 18.0 Å². The first-order valence-corrected chi connectivity index (χ1v) is 7.58. The molecule has 2 atom stereocenters. The van der Waals surface area contributed by atoms with E-state index in [9.17, 15) is 4.79 Å². The number of para-hydroxylation sites is 1. The summed E-state index contributed by atoms with van der Waals surface area (Å²) in [6, 6.07) is 8.31. The molecule has 2 aromatic rings. The van der Waals surface area contributed by atoms with E-state index in [0.717, 1.165) is 23.4 Å². The number of fused-ring (bicyclic) bond motifs is 2. The molecule has 1 aromatic carbocycles. The van der Waals surface area contributed by atoms with Crippen molar-refractivity contribution < 1.29 is 4.79 Å². The van der Waals surface area contributed by atoms with Gasteiger partial charge in [-0.25, -0.2) is 0 Å². The van der Waals surface area contributed by atoms with Crippen LogP contribution >= 0.6 is 0 Å². The Morgan fingerprint density at radius 2 is 2.05 bits per heavy atom. The Kier molecular flexibility index (Phi) is 2.76. The third kappa shape index (κ3) is 1.74. The fraction of sp³-hybridized carbons (Fsp3) is 0.500. The second-order valence-corrected chi connectivity index (χ2v) is 6.02. The molecule has 0 spiro atoms. The summed E-state index contributed by atoms with van der Waals surface area (Å²) in [7, 11) is 0. The minimum Gasteiger partial charge on any atom is -0.334 e. The van der Waals surface area contributed by atoms with Crippen molar-refractivity contribution in [3.63, 3.8) is 0 Å². The van der Waals surface area contributed by atoms with Crippen molar-refractivity contribution in [2.75, 3.05) is 6.54 Å². The molecule has 4 nitrogen and oxygen atoms in total. The second kappa shape index (κ2) is 4.62. The van der Waals surface area contributed by atoms with Crippen molar-refractivity contribution in [2.24, 2.45) is 5.92 Å². The first-order valence-electron chi connectivity index (χ1n) is 7.58. The van der Waals surface area contributed by atoms with Crippen molar-refractivity contribution in [1.29, 1.82) is 0 Å². The van der Waals surface area contributed by atoms with Crippen LogP contribution in [0.3, 0.4) is 0 Å². The summed E-state index contributed by atoms with van der Waals surface area (Å²) in [5.74, 6) is 0.828. The van der Waals surface area contributed by atoms with Gasteiger partial charge in [0.25, 0.3) is 5.91 Å². The molecule has 4 heteroatoms. The summed E-state index contributed by atoms with van der Waals surface area (Å²) in [4.78, 5) is 14.9. The largest absolute Gasteiger partial charge is 0.334 e.